The third-order valence-corrected chi connectivity index (χ3v) is 3.51. The van der Waals surface area contributed by atoms with Gasteiger partial charge in [-0.1, -0.05) is 36.8 Å². The minimum absolute atomic E-state index is 0.275. The Balaban J connectivity index is 1.84. The molecule has 1 aliphatic carbocycles. The number of ketones is 1. The van der Waals surface area contributed by atoms with E-state index in [0.29, 0.717) is 5.78 Å². The van der Waals surface area contributed by atoms with Gasteiger partial charge in [0, 0.05) is 25.4 Å². The standard InChI is InChI=1S/C15H21NO/c1-16(11-13-7-3-2-4-8-13)12-14-9-5-6-10-15(14)17/h2-4,7-8,14H,5-6,9-12H2,1H3/t14-/m0/s1. The van der Waals surface area contributed by atoms with Crippen molar-refractivity contribution in [3.05, 3.63) is 35.9 Å². The van der Waals surface area contributed by atoms with Gasteiger partial charge in [-0.05, 0) is 25.5 Å². The summed E-state index contributed by atoms with van der Waals surface area (Å²) in [4.78, 5) is 14.0. The molecular weight excluding hydrogens is 210 g/mol. The van der Waals surface area contributed by atoms with Crippen LogP contribution in [0, 0.1) is 5.92 Å². The lowest BCUT2D eigenvalue weighted by atomic mass is 9.87. The molecule has 0 aromatic heterocycles. The summed E-state index contributed by atoms with van der Waals surface area (Å²) in [7, 11) is 2.11. The second kappa shape index (κ2) is 5.97. The molecule has 1 saturated carbocycles. The van der Waals surface area contributed by atoms with Gasteiger partial charge in [-0.15, -0.1) is 0 Å². The maximum Gasteiger partial charge on any atom is 0.137 e. The van der Waals surface area contributed by atoms with Gasteiger partial charge in [-0.3, -0.25) is 4.79 Å². The van der Waals surface area contributed by atoms with Crippen molar-refractivity contribution in [3.63, 3.8) is 0 Å². The molecule has 2 nitrogen and oxygen atoms in total. The van der Waals surface area contributed by atoms with E-state index in [1.807, 2.05) is 6.07 Å². The topological polar surface area (TPSA) is 20.3 Å². The van der Waals surface area contributed by atoms with Crippen molar-refractivity contribution in [2.75, 3.05) is 13.6 Å². The maximum absolute atomic E-state index is 11.8. The monoisotopic (exact) mass is 231 g/mol. The van der Waals surface area contributed by atoms with Crippen molar-refractivity contribution < 1.29 is 4.79 Å². The zero-order valence-electron chi connectivity index (χ0n) is 10.6. The van der Waals surface area contributed by atoms with Crippen LogP contribution in [0.3, 0.4) is 0 Å². The number of carbonyl (C=O) groups excluding carboxylic acids is 1. The number of benzene rings is 1. The predicted molar refractivity (Wildman–Crippen MR) is 69.7 cm³/mol. The first-order valence-electron chi connectivity index (χ1n) is 6.51. The summed E-state index contributed by atoms with van der Waals surface area (Å²) in [5.74, 6) is 0.744. The molecule has 0 bridgehead atoms. The van der Waals surface area contributed by atoms with Crippen LogP contribution in [0.1, 0.15) is 31.2 Å². The highest BCUT2D eigenvalue weighted by atomic mass is 16.1. The third-order valence-electron chi connectivity index (χ3n) is 3.51. The number of hydrogen-bond donors (Lipinski definition) is 0. The lowest BCUT2D eigenvalue weighted by Gasteiger charge is -2.26. The molecule has 1 aliphatic rings. The molecule has 17 heavy (non-hydrogen) atoms. The molecule has 0 spiro atoms. The Morgan fingerprint density at radius 1 is 1.24 bits per heavy atom. The van der Waals surface area contributed by atoms with Gasteiger partial charge in [0.2, 0.25) is 0 Å². The number of carbonyl (C=O) groups is 1. The van der Waals surface area contributed by atoms with Crippen molar-refractivity contribution in [3.8, 4) is 0 Å². The molecule has 1 atom stereocenters. The van der Waals surface area contributed by atoms with Crippen molar-refractivity contribution >= 4 is 5.78 Å². The van der Waals surface area contributed by atoms with Crippen LogP contribution in [-0.2, 0) is 11.3 Å². The van der Waals surface area contributed by atoms with E-state index in [-0.39, 0.29) is 5.92 Å². The van der Waals surface area contributed by atoms with Gasteiger partial charge in [-0.25, -0.2) is 0 Å². The van der Waals surface area contributed by atoms with Crippen LogP contribution < -0.4 is 0 Å². The molecule has 0 unspecified atom stereocenters. The summed E-state index contributed by atoms with van der Waals surface area (Å²) < 4.78 is 0. The number of nitrogens with zero attached hydrogens (tertiary/aromatic N) is 1. The average molecular weight is 231 g/mol. The fourth-order valence-corrected chi connectivity index (χ4v) is 2.58. The highest BCUT2D eigenvalue weighted by Crippen LogP contribution is 2.21. The first-order valence-corrected chi connectivity index (χ1v) is 6.51. The van der Waals surface area contributed by atoms with E-state index < -0.39 is 0 Å². The van der Waals surface area contributed by atoms with Crippen LogP contribution in [-0.4, -0.2) is 24.3 Å². The Bertz CT molecular complexity index is 360. The van der Waals surface area contributed by atoms with E-state index in [2.05, 4.69) is 36.2 Å². The summed E-state index contributed by atoms with van der Waals surface area (Å²) in [5.41, 5.74) is 1.32. The average Bonchev–Trinajstić information content (AvgIpc) is 2.33. The number of hydrogen-bond acceptors (Lipinski definition) is 2. The quantitative estimate of drug-likeness (QED) is 0.794. The van der Waals surface area contributed by atoms with Gasteiger partial charge >= 0.3 is 0 Å². The first kappa shape index (κ1) is 12.3. The molecule has 0 heterocycles. The molecule has 0 aliphatic heterocycles. The Hall–Kier alpha value is -1.15. The largest absolute Gasteiger partial charge is 0.301 e. The van der Waals surface area contributed by atoms with Gasteiger partial charge in [0.15, 0.2) is 0 Å². The van der Waals surface area contributed by atoms with Crippen LogP contribution in [0.4, 0.5) is 0 Å². The second-order valence-corrected chi connectivity index (χ2v) is 5.09. The van der Waals surface area contributed by atoms with Gasteiger partial charge in [0.25, 0.3) is 0 Å². The lowest BCUT2D eigenvalue weighted by molar-refractivity contribution is -0.125. The smallest absolute Gasteiger partial charge is 0.137 e. The normalized spacial score (nSPS) is 20.8. The first-order chi connectivity index (χ1) is 8.25. The van der Waals surface area contributed by atoms with Gasteiger partial charge < -0.3 is 4.90 Å². The van der Waals surface area contributed by atoms with E-state index in [4.69, 9.17) is 0 Å². The second-order valence-electron chi connectivity index (χ2n) is 5.09. The Kier molecular flexibility index (Phi) is 4.32. The van der Waals surface area contributed by atoms with Crippen LogP contribution in [0.5, 0.6) is 0 Å². The Morgan fingerprint density at radius 2 is 2.00 bits per heavy atom. The zero-order chi connectivity index (χ0) is 12.1. The minimum Gasteiger partial charge on any atom is -0.301 e. The SMILES string of the molecule is CN(Cc1ccccc1)C[C@@H]1CCCCC1=O. The van der Waals surface area contributed by atoms with E-state index in [0.717, 1.165) is 32.4 Å². The summed E-state index contributed by atoms with van der Waals surface area (Å²) in [6.07, 6.45) is 4.19. The number of rotatable bonds is 4. The van der Waals surface area contributed by atoms with Gasteiger partial charge in [0.05, 0.1) is 0 Å². The fourth-order valence-electron chi connectivity index (χ4n) is 2.58. The van der Waals surface area contributed by atoms with Crippen molar-refractivity contribution in [2.24, 2.45) is 5.92 Å². The summed E-state index contributed by atoms with van der Waals surface area (Å²) in [5, 5.41) is 0. The lowest BCUT2D eigenvalue weighted by Crippen LogP contribution is -2.32. The third kappa shape index (κ3) is 3.67. The summed E-state index contributed by atoms with van der Waals surface area (Å²) in [6.45, 7) is 1.85. The van der Waals surface area contributed by atoms with Crippen molar-refractivity contribution in [1.82, 2.24) is 4.90 Å². The highest BCUT2D eigenvalue weighted by molar-refractivity contribution is 5.81. The summed E-state index contributed by atoms with van der Waals surface area (Å²) in [6, 6.07) is 10.4. The van der Waals surface area contributed by atoms with E-state index >= 15 is 0 Å². The van der Waals surface area contributed by atoms with Crippen molar-refractivity contribution in [2.45, 2.75) is 32.2 Å². The molecule has 0 saturated heterocycles. The maximum atomic E-state index is 11.8. The van der Waals surface area contributed by atoms with Gasteiger partial charge in [-0.2, -0.15) is 0 Å². The molecule has 0 radical (unpaired) electrons. The predicted octanol–water partition coefficient (Wildman–Crippen LogP) is 2.88. The molecule has 92 valence electrons. The number of Topliss-reactive ketones (excluding diaryl/α,β-unsaturated/α-hetero) is 1. The molecule has 2 rings (SSSR count). The molecule has 1 fully saturated rings. The van der Waals surface area contributed by atoms with Crippen LogP contribution in [0.25, 0.3) is 0 Å². The molecule has 0 amide bonds. The van der Waals surface area contributed by atoms with Crippen molar-refractivity contribution in [1.29, 1.82) is 0 Å². The highest BCUT2D eigenvalue weighted by Gasteiger charge is 2.23. The zero-order valence-corrected chi connectivity index (χ0v) is 10.6. The molecule has 2 heteroatoms. The molecular formula is C15H21NO. The van der Waals surface area contributed by atoms with Gasteiger partial charge in [0.1, 0.15) is 5.78 Å². The summed E-state index contributed by atoms with van der Waals surface area (Å²) >= 11 is 0. The molecule has 0 N–H and O–H groups in total. The fraction of sp³-hybridized carbons (Fsp3) is 0.533. The molecule has 1 aromatic carbocycles. The molecule has 1 aromatic rings. The Morgan fingerprint density at radius 3 is 2.71 bits per heavy atom. The minimum atomic E-state index is 0.275. The van der Waals surface area contributed by atoms with E-state index in [1.54, 1.807) is 0 Å². The van der Waals surface area contributed by atoms with Crippen LogP contribution in [0.15, 0.2) is 30.3 Å². The van der Waals surface area contributed by atoms with E-state index in [1.165, 1.54) is 12.0 Å². The van der Waals surface area contributed by atoms with Crippen LogP contribution >= 0.6 is 0 Å². The van der Waals surface area contributed by atoms with Crippen LogP contribution in [0.2, 0.25) is 0 Å². The Labute approximate surface area is 104 Å². The van der Waals surface area contributed by atoms with E-state index in [9.17, 15) is 4.79 Å².